The van der Waals surface area contributed by atoms with Crippen LogP contribution in [0.2, 0.25) is 0 Å². The molecule has 0 atom stereocenters. The van der Waals surface area contributed by atoms with Gasteiger partial charge < -0.3 is 9.88 Å². The first-order chi connectivity index (χ1) is 9.42. The van der Waals surface area contributed by atoms with Gasteiger partial charge in [-0.25, -0.2) is 0 Å². The third-order valence-corrected chi connectivity index (χ3v) is 3.53. The lowest BCUT2D eigenvalue weighted by molar-refractivity contribution is 0.101. The zero-order valence-electron chi connectivity index (χ0n) is 12.1. The summed E-state index contributed by atoms with van der Waals surface area (Å²) >= 11 is 3.42. The van der Waals surface area contributed by atoms with Crippen LogP contribution in [0.15, 0.2) is 22.9 Å². The molecule has 108 valence electrons. The van der Waals surface area contributed by atoms with E-state index in [1.807, 2.05) is 50.8 Å². The smallest absolute Gasteiger partial charge is 0.272 e. The predicted molar refractivity (Wildman–Crippen MR) is 83.1 cm³/mol. The normalized spacial score (nSPS) is 11.1. The molecule has 0 bridgehead atoms. The van der Waals surface area contributed by atoms with Crippen LogP contribution in [0.4, 0.5) is 5.69 Å². The minimum atomic E-state index is -0.118. The Kier molecular flexibility index (Phi) is 4.32. The summed E-state index contributed by atoms with van der Waals surface area (Å²) in [5.74, 6) is -0.118. The van der Waals surface area contributed by atoms with Crippen molar-refractivity contribution in [1.29, 1.82) is 0 Å². The van der Waals surface area contributed by atoms with Crippen LogP contribution in [0.5, 0.6) is 0 Å². The summed E-state index contributed by atoms with van der Waals surface area (Å²) in [6, 6.07) is 2.05. The minimum Gasteiger partial charge on any atom is -0.340 e. The number of amides is 1. The molecule has 0 fully saturated rings. The summed E-state index contributed by atoms with van der Waals surface area (Å²) in [4.78, 5) is 12.4. The Morgan fingerprint density at radius 2 is 2.15 bits per heavy atom. The standard InChI is InChI=1S/C14H19BrN4O/c1-5-11-12(8-18(4)17-11)16-14(20)13-6-10(15)7-19(13)9(2)3/h6-9H,5H2,1-4H3,(H,16,20). The number of hydrogen-bond acceptors (Lipinski definition) is 2. The van der Waals surface area contributed by atoms with E-state index in [9.17, 15) is 4.79 Å². The SMILES string of the molecule is CCc1nn(C)cc1NC(=O)c1cc(Br)cn1C(C)C. The van der Waals surface area contributed by atoms with Crippen LogP contribution in [0.3, 0.4) is 0 Å². The molecule has 0 saturated heterocycles. The number of carbonyl (C=O) groups excluding carboxylic acids is 1. The number of anilines is 1. The van der Waals surface area contributed by atoms with E-state index >= 15 is 0 Å². The number of nitrogens with one attached hydrogen (secondary N) is 1. The van der Waals surface area contributed by atoms with Gasteiger partial charge in [-0.2, -0.15) is 5.10 Å². The minimum absolute atomic E-state index is 0.118. The number of nitrogens with zero attached hydrogens (tertiary/aromatic N) is 3. The number of aryl methyl sites for hydroxylation is 2. The third-order valence-electron chi connectivity index (χ3n) is 3.09. The Morgan fingerprint density at radius 3 is 2.75 bits per heavy atom. The van der Waals surface area contributed by atoms with Crippen molar-refractivity contribution >= 4 is 27.5 Å². The molecule has 2 heterocycles. The van der Waals surface area contributed by atoms with Crippen LogP contribution in [0.25, 0.3) is 0 Å². The fourth-order valence-corrected chi connectivity index (χ4v) is 2.58. The zero-order chi connectivity index (χ0) is 14.9. The van der Waals surface area contributed by atoms with Gasteiger partial charge in [0.15, 0.2) is 0 Å². The average Bonchev–Trinajstić information content (AvgIpc) is 2.92. The first kappa shape index (κ1) is 14.8. The molecule has 1 amide bonds. The van der Waals surface area contributed by atoms with Crippen molar-refractivity contribution in [2.24, 2.45) is 7.05 Å². The topological polar surface area (TPSA) is 51.9 Å². The van der Waals surface area contributed by atoms with Gasteiger partial charge in [0.05, 0.1) is 11.4 Å². The monoisotopic (exact) mass is 338 g/mol. The highest BCUT2D eigenvalue weighted by atomic mass is 79.9. The largest absolute Gasteiger partial charge is 0.340 e. The Balaban J connectivity index is 2.28. The highest BCUT2D eigenvalue weighted by Crippen LogP contribution is 2.21. The summed E-state index contributed by atoms with van der Waals surface area (Å²) < 4.78 is 4.56. The maximum absolute atomic E-state index is 12.4. The summed E-state index contributed by atoms with van der Waals surface area (Å²) in [5, 5.41) is 7.27. The molecule has 6 heteroatoms. The molecule has 0 unspecified atom stereocenters. The van der Waals surface area contributed by atoms with E-state index in [0.29, 0.717) is 5.69 Å². The molecule has 20 heavy (non-hydrogen) atoms. The maximum Gasteiger partial charge on any atom is 0.272 e. The Labute approximate surface area is 127 Å². The predicted octanol–water partition coefficient (Wildman–Crippen LogP) is 3.38. The number of aromatic nitrogens is 3. The molecule has 0 aromatic carbocycles. The molecule has 0 aliphatic heterocycles. The van der Waals surface area contributed by atoms with E-state index in [1.165, 1.54) is 0 Å². The number of halogens is 1. The molecule has 0 aliphatic carbocycles. The lowest BCUT2D eigenvalue weighted by atomic mass is 10.3. The molecule has 0 radical (unpaired) electrons. The highest BCUT2D eigenvalue weighted by molar-refractivity contribution is 9.10. The van der Waals surface area contributed by atoms with E-state index < -0.39 is 0 Å². The van der Waals surface area contributed by atoms with Gasteiger partial charge in [-0.3, -0.25) is 9.48 Å². The van der Waals surface area contributed by atoms with Crippen LogP contribution in [0, 0.1) is 0 Å². The van der Waals surface area contributed by atoms with Crippen molar-refractivity contribution in [3.8, 4) is 0 Å². The Hall–Kier alpha value is -1.56. The van der Waals surface area contributed by atoms with Gasteiger partial charge in [0.1, 0.15) is 5.69 Å². The van der Waals surface area contributed by atoms with Gasteiger partial charge in [-0.05, 0) is 42.3 Å². The van der Waals surface area contributed by atoms with Crippen molar-refractivity contribution in [1.82, 2.24) is 14.3 Å². The summed E-state index contributed by atoms with van der Waals surface area (Å²) in [6.45, 7) is 6.11. The van der Waals surface area contributed by atoms with Crippen molar-refractivity contribution in [2.75, 3.05) is 5.32 Å². The molecular formula is C14H19BrN4O. The quantitative estimate of drug-likeness (QED) is 0.928. The van der Waals surface area contributed by atoms with E-state index in [0.717, 1.165) is 22.3 Å². The van der Waals surface area contributed by atoms with E-state index in [-0.39, 0.29) is 11.9 Å². The van der Waals surface area contributed by atoms with Gasteiger partial charge in [-0.1, -0.05) is 6.92 Å². The molecule has 0 spiro atoms. The Morgan fingerprint density at radius 1 is 1.45 bits per heavy atom. The van der Waals surface area contributed by atoms with E-state index in [4.69, 9.17) is 0 Å². The molecule has 2 aromatic heterocycles. The third kappa shape index (κ3) is 2.95. The second-order valence-electron chi connectivity index (χ2n) is 5.02. The summed E-state index contributed by atoms with van der Waals surface area (Å²) in [5.41, 5.74) is 2.30. The number of carbonyl (C=O) groups is 1. The molecule has 2 rings (SSSR count). The summed E-state index contributed by atoms with van der Waals surface area (Å²) in [7, 11) is 1.85. The van der Waals surface area contributed by atoms with Crippen LogP contribution in [-0.4, -0.2) is 20.3 Å². The molecule has 5 nitrogen and oxygen atoms in total. The lowest BCUT2D eigenvalue weighted by Crippen LogP contribution is -2.18. The number of rotatable bonds is 4. The van der Waals surface area contributed by atoms with Crippen LogP contribution < -0.4 is 5.32 Å². The fourth-order valence-electron chi connectivity index (χ4n) is 2.14. The molecule has 0 saturated carbocycles. The van der Waals surface area contributed by atoms with Gasteiger partial charge >= 0.3 is 0 Å². The lowest BCUT2D eigenvalue weighted by Gasteiger charge is -2.12. The summed E-state index contributed by atoms with van der Waals surface area (Å²) in [6.07, 6.45) is 4.53. The van der Waals surface area contributed by atoms with Crippen LogP contribution in [0.1, 0.15) is 43.0 Å². The second kappa shape index (κ2) is 5.83. The fraction of sp³-hybridized carbons (Fsp3) is 0.429. The molecule has 2 aromatic rings. The second-order valence-corrected chi connectivity index (χ2v) is 5.93. The van der Waals surface area contributed by atoms with Crippen molar-refractivity contribution < 1.29 is 4.79 Å². The number of hydrogen-bond donors (Lipinski definition) is 1. The van der Waals surface area contributed by atoms with E-state index in [2.05, 4.69) is 26.3 Å². The molecule has 0 aliphatic rings. The van der Waals surface area contributed by atoms with Gasteiger partial charge in [0.25, 0.3) is 5.91 Å². The van der Waals surface area contributed by atoms with Crippen LogP contribution in [-0.2, 0) is 13.5 Å². The zero-order valence-corrected chi connectivity index (χ0v) is 13.7. The molecular weight excluding hydrogens is 320 g/mol. The van der Waals surface area contributed by atoms with Gasteiger partial charge in [-0.15, -0.1) is 0 Å². The van der Waals surface area contributed by atoms with Crippen molar-refractivity contribution in [3.63, 3.8) is 0 Å². The van der Waals surface area contributed by atoms with Gasteiger partial charge in [0, 0.05) is 30.0 Å². The van der Waals surface area contributed by atoms with E-state index in [1.54, 1.807) is 4.68 Å². The Bertz CT molecular complexity index is 627. The molecule has 1 N–H and O–H groups in total. The van der Waals surface area contributed by atoms with Crippen LogP contribution >= 0.6 is 15.9 Å². The first-order valence-electron chi connectivity index (χ1n) is 6.63. The highest BCUT2D eigenvalue weighted by Gasteiger charge is 2.17. The van der Waals surface area contributed by atoms with Gasteiger partial charge in [0.2, 0.25) is 0 Å². The maximum atomic E-state index is 12.4. The first-order valence-corrected chi connectivity index (χ1v) is 7.43. The van der Waals surface area contributed by atoms with Crippen molar-refractivity contribution in [3.05, 3.63) is 34.3 Å². The average molecular weight is 339 g/mol. The van der Waals surface area contributed by atoms with Crippen molar-refractivity contribution in [2.45, 2.75) is 33.2 Å².